The normalized spacial score (nSPS) is 11.8. The Hall–Kier alpha value is -1.78. The largest absolute Gasteiger partial charge is 0.481 e. The average molecular weight is 328 g/mol. The third-order valence-corrected chi connectivity index (χ3v) is 3.25. The summed E-state index contributed by atoms with van der Waals surface area (Å²) in [5, 5.41) is 2.95. The summed E-state index contributed by atoms with van der Waals surface area (Å²) in [5.74, 6) is -0.661. The van der Waals surface area contributed by atoms with E-state index in [9.17, 15) is 9.18 Å². The summed E-state index contributed by atoms with van der Waals surface area (Å²) in [6.45, 7) is 1.56. The fourth-order valence-electron chi connectivity index (χ4n) is 1.61. The summed E-state index contributed by atoms with van der Waals surface area (Å²) < 4.78 is 19.1. The SMILES string of the molecule is CC(Oc1ccc(Cl)cc1)C(=O)Nc1cccc(Cl)c1F. The fraction of sp³-hybridized carbons (Fsp3) is 0.133. The molecule has 1 unspecified atom stereocenters. The number of hydrogen-bond donors (Lipinski definition) is 1. The summed E-state index contributed by atoms with van der Waals surface area (Å²) in [6.07, 6.45) is -0.801. The lowest BCUT2D eigenvalue weighted by Crippen LogP contribution is -2.30. The first-order valence-corrected chi connectivity index (χ1v) is 6.90. The molecule has 1 atom stereocenters. The van der Waals surface area contributed by atoms with E-state index in [0.717, 1.165) is 0 Å². The average Bonchev–Trinajstić information content (AvgIpc) is 2.46. The van der Waals surface area contributed by atoms with Gasteiger partial charge in [0.05, 0.1) is 10.7 Å². The van der Waals surface area contributed by atoms with E-state index in [1.54, 1.807) is 37.3 Å². The lowest BCUT2D eigenvalue weighted by molar-refractivity contribution is -0.122. The van der Waals surface area contributed by atoms with Crippen molar-refractivity contribution in [2.45, 2.75) is 13.0 Å². The molecule has 3 nitrogen and oxygen atoms in total. The van der Waals surface area contributed by atoms with E-state index in [1.165, 1.54) is 12.1 Å². The van der Waals surface area contributed by atoms with Gasteiger partial charge in [0.1, 0.15) is 5.75 Å². The van der Waals surface area contributed by atoms with Gasteiger partial charge in [-0.2, -0.15) is 0 Å². The molecule has 0 spiro atoms. The smallest absolute Gasteiger partial charge is 0.265 e. The molecule has 2 aromatic rings. The van der Waals surface area contributed by atoms with Crippen molar-refractivity contribution >= 4 is 34.8 Å². The molecule has 2 aromatic carbocycles. The zero-order valence-corrected chi connectivity index (χ0v) is 12.6. The van der Waals surface area contributed by atoms with Crippen molar-refractivity contribution in [1.29, 1.82) is 0 Å². The van der Waals surface area contributed by atoms with Crippen molar-refractivity contribution in [1.82, 2.24) is 0 Å². The molecule has 0 saturated carbocycles. The lowest BCUT2D eigenvalue weighted by Gasteiger charge is -2.15. The van der Waals surface area contributed by atoms with Crippen LogP contribution in [-0.2, 0) is 4.79 Å². The van der Waals surface area contributed by atoms with Gasteiger partial charge in [0.2, 0.25) is 0 Å². The Morgan fingerprint density at radius 1 is 1.19 bits per heavy atom. The van der Waals surface area contributed by atoms with Crippen LogP contribution in [-0.4, -0.2) is 12.0 Å². The quantitative estimate of drug-likeness (QED) is 0.895. The number of hydrogen-bond acceptors (Lipinski definition) is 2. The molecule has 6 heteroatoms. The first-order chi connectivity index (χ1) is 9.97. The van der Waals surface area contributed by atoms with Gasteiger partial charge in [-0.1, -0.05) is 29.3 Å². The number of nitrogens with one attached hydrogen (secondary N) is 1. The Balaban J connectivity index is 2.02. The minimum absolute atomic E-state index is 0.0130. The second-order valence-corrected chi connectivity index (χ2v) is 5.15. The third-order valence-electron chi connectivity index (χ3n) is 2.71. The van der Waals surface area contributed by atoms with Gasteiger partial charge in [0.15, 0.2) is 11.9 Å². The zero-order valence-electron chi connectivity index (χ0n) is 11.1. The highest BCUT2D eigenvalue weighted by molar-refractivity contribution is 6.31. The van der Waals surface area contributed by atoms with Crippen LogP contribution >= 0.6 is 23.2 Å². The highest BCUT2D eigenvalue weighted by Crippen LogP contribution is 2.22. The Bertz CT molecular complexity index is 647. The second kappa shape index (κ2) is 6.78. The van der Waals surface area contributed by atoms with E-state index < -0.39 is 17.8 Å². The number of anilines is 1. The molecule has 2 rings (SSSR count). The second-order valence-electron chi connectivity index (χ2n) is 4.30. The lowest BCUT2D eigenvalue weighted by atomic mass is 10.2. The van der Waals surface area contributed by atoms with Crippen LogP contribution < -0.4 is 10.1 Å². The summed E-state index contributed by atoms with van der Waals surface area (Å²) in [6, 6.07) is 11.0. The Kier molecular flexibility index (Phi) is 5.04. The van der Waals surface area contributed by atoms with Crippen LogP contribution in [0.25, 0.3) is 0 Å². The van der Waals surface area contributed by atoms with E-state index in [-0.39, 0.29) is 10.7 Å². The Morgan fingerprint density at radius 2 is 1.86 bits per heavy atom. The number of carbonyl (C=O) groups excluding carboxylic acids is 1. The minimum atomic E-state index is -0.801. The van der Waals surface area contributed by atoms with Gasteiger partial charge in [-0.15, -0.1) is 0 Å². The van der Waals surface area contributed by atoms with Crippen LogP contribution in [0.2, 0.25) is 10.0 Å². The predicted molar refractivity (Wildman–Crippen MR) is 81.6 cm³/mol. The maximum Gasteiger partial charge on any atom is 0.265 e. The molecule has 0 aliphatic heterocycles. The molecule has 110 valence electrons. The molecule has 0 aliphatic carbocycles. The van der Waals surface area contributed by atoms with Crippen LogP contribution in [0, 0.1) is 5.82 Å². The van der Waals surface area contributed by atoms with Gasteiger partial charge in [-0.05, 0) is 43.3 Å². The predicted octanol–water partition coefficient (Wildman–Crippen LogP) is 4.54. The number of halogens is 3. The Morgan fingerprint density at radius 3 is 2.52 bits per heavy atom. The van der Waals surface area contributed by atoms with Crippen LogP contribution in [0.5, 0.6) is 5.75 Å². The molecule has 0 radical (unpaired) electrons. The van der Waals surface area contributed by atoms with Crippen molar-refractivity contribution in [3.63, 3.8) is 0 Å². The Labute approximate surface area is 131 Å². The van der Waals surface area contributed by atoms with E-state index >= 15 is 0 Å². The molecule has 0 aromatic heterocycles. The van der Waals surface area contributed by atoms with E-state index in [2.05, 4.69) is 5.32 Å². The highest BCUT2D eigenvalue weighted by Gasteiger charge is 2.17. The molecule has 0 bridgehead atoms. The van der Waals surface area contributed by atoms with Crippen molar-refractivity contribution in [2.24, 2.45) is 0 Å². The number of amides is 1. The van der Waals surface area contributed by atoms with E-state index in [4.69, 9.17) is 27.9 Å². The topological polar surface area (TPSA) is 38.3 Å². The first-order valence-electron chi connectivity index (χ1n) is 6.14. The summed E-state index contributed by atoms with van der Waals surface area (Å²) >= 11 is 11.4. The molecular formula is C15H12Cl2FNO2. The van der Waals surface area contributed by atoms with Gasteiger partial charge >= 0.3 is 0 Å². The molecule has 0 fully saturated rings. The maximum absolute atomic E-state index is 13.7. The van der Waals surface area contributed by atoms with Crippen molar-refractivity contribution in [3.8, 4) is 5.75 Å². The van der Waals surface area contributed by atoms with Gasteiger partial charge in [0, 0.05) is 5.02 Å². The van der Waals surface area contributed by atoms with E-state index in [0.29, 0.717) is 10.8 Å². The van der Waals surface area contributed by atoms with Gasteiger partial charge in [0.25, 0.3) is 5.91 Å². The highest BCUT2D eigenvalue weighted by atomic mass is 35.5. The van der Waals surface area contributed by atoms with E-state index in [1.807, 2.05) is 0 Å². The molecule has 1 amide bonds. The molecule has 0 saturated heterocycles. The van der Waals surface area contributed by atoms with Crippen LogP contribution in [0.3, 0.4) is 0 Å². The minimum Gasteiger partial charge on any atom is -0.481 e. The standard InChI is InChI=1S/C15H12Cl2FNO2/c1-9(21-11-7-5-10(16)6-8-11)15(20)19-13-4-2-3-12(17)14(13)18/h2-9H,1H3,(H,19,20). The van der Waals surface area contributed by atoms with Crippen LogP contribution in [0.15, 0.2) is 42.5 Å². The molecule has 0 aliphatic rings. The fourth-order valence-corrected chi connectivity index (χ4v) is 1.91. The third kappa shape index (κ3) is 4.09. The first kappa shape index (κ1) is 15.6. The van der Waals surface area contributed by atoms with Gasteiger partial charge in [-0.25, -0.2) is 4.39 Å². The summed E-state index contributed by atoms with van der Waals surface area (Å²) in [5.41, 5.74) is 0.0130. The molecule has 0 heterocycles. The monoisotopic (exact) mass is 327 g/mol. The zero-order chi connectivity index (χ0) is 15.4. The number of rotatable bonds is 4. The van der Waals surface area contributed by atoms with Gasteiger partial charge in [-0.3, -0.25) is 4.79 Å². The summed E-state index contributed by atoms with van der Waals surface area (Å²) in [4.78, 5) is 12.0. The van der Waals surface area contributed by atoms with Crippen molar-refractivity contribution in [2.75, 3.05) is 5.32 Å². The number of ether oxygens (including phenoxy) is 1. The number of carbonyl (C=O) groups is 1. The molecular weight excluding hydrogens is 316 g/mol. The van der Waals surface area contributed by atoms with Crippen molar-refractivity contribution in [3.05, 3.63) is 58.3 Å². The summed E-state index contributed by atoms with van der Waals surface area (Å²) in [7, 11) is 0. The molecule has 1 N–H and O–H groups in total. The van der Waals surface area contributed by atoms with Crippen LogP contribution in [0.1, 0.15) is 6.92 Å². The number of benzene rings is 2. The van der Waals surface area contributed by atoms with Crippen LogP contribution in [0.4, 0.5) is 10.1 Å². The molecule has 21 heavy (non-hydrogen) atoms. The maximum atomic E-state index is 13.7. The van der Waals surface area contributed by atoms with Gasteiger partial charge < -0.3 is 10.1 Å². The van der Waals surface area contributed by atoms with Crippen molar-refractivity contribution < 1.29 is 13.9 Å².